The van der Waals surface area contributed by atoms with Crippen LogP contribution in [-0.4, -0.2) is 12.5 Å². The monoisotopic (exact) mass is 248 g/mol. The molecule has 0 saturated heterocycles. The molecule has 100 valence electrons. The number of nitrogens with one attached hydrogen (secondary N) is 1. The third-order valence-electron chi connectivity index (χ3n) is 3.27. The fourth-order valence-corrected chi connectivity index (χ4v) is 2.00. The van der Waals surface area contributed by atoms with Crippen LogP contribution in [0.3, 0.4) is 0 Å². The van der Waals surface area contributed by atoms with Crippen molar-refractivity contribution in [3.63, 3.8) is 0 Å². The van der Waals surface area contributed by atoms with Crippen LogP contribution in [0.2, 0.25) is 0 Å². The third-order valence-corrected chi connectivity index (χ3v) is 3.27. The summed E-state index contributed by atoms with van der Waals surface area (Å²) in [5.41, 5.74) is 8.87. The van der Waals surface area contributed by atoms with Crippen LogP contribution in [0.4, 0.5) is 5.69 Å². The van der Waals surface area contributed by atoms with Gasteiger partial charge < -0.3 is 11.1 Å². The molecule has 3 N–H and O–H groups in total. The Morgan fingerprint density at radius 1 is 1.33 bits per heavy atom. The molecule has 1 atom stereocenters. The van der Waals surface area contributed by atoms with Gasteiger partial charge in [-0.05, 0) is 43.4 Å². The predicted octanol–water partition coefficient (Wildman–Crippen LogP) is 2.86. The Bertz CT molecular complexity index is 413. The second-order valence-electron chi connectivity index (χ2n) is 5.30. The Labute approximate surface area is 110 Å². The Morgan fingerprint density at radius 2 is 2.00 bits per heavy atom. The summed E-state index contributed by atoms with van der Waals surface area (Å²) in [5.74, 6) is 0.396. The number of rotatable bonds is 5. The van der Waals surface area contributed by atoms with E-state index < -0.39 is 0 Å². The average molecular weight is 248 g/mol. The van der Waals surface area contributed by atoms with E-state index in [9.17, 15) is 4.79 Å². The first-order chi connectivity index (χ1) is 8.45. The summed E-state index contributed by atoms with van der Waals surface area (Å²) < 4.78 is 0. The Hall–Kier alpha value is -1.35. The fraction of sp³-hybridized carbons (Fsp3) is 0.533. The van der Waals surface area contributed by atoms with Crippen LogP contribution in [0, 0.1) is 25.7 Å². The van der Waals surface area contributed by atoms with E-state index in [2.05, 4.69) is 19.2 Å². The van der Waals surface area contributed by atoms with Gasteiger partial charge in [-0.1, -0.05) is 26.0 Å². The number of hydrogen-bond acceptors (Lipinski definition) is 2. The van der Waals surface area contributed by atoms with Crippen LogP contribution in [0.15, 0.2) is 18.2 Å². The van der Waals surface area contributed by atoms with Gasteiger partial charge in [0.2, 0.25) is 5.91 Å². The molecule has 0 bridgehead atoms. The highest BCUT2D eigenvalue weighted by molar-refractivity contribution is 5.93. The summed E-state index contributed by atoms with van der Waals surface area (Å²) in [6.07, 6.45) is 0.827. The molecule has 3 heteroatoms. The Kier molecular flexibility index (Phi) is 5.35. The zero-order valence-corrected chi connectivity index (χ0v) is 11.8. The smallest absolute Gasteiger partial charge is 0.228 e. The lowest BCUT2D eigenvalue weighted by molar-refractivity contribution is -0.120. The number of amides is 1. The van der Waals surface area contributed by atoms with Crippen molar-refractivity contribution in [3.8, 4) is 0 Å². The maximum atomic E-state index is 12.2. The van der Waals surface area contributed by atoms with Gasteiger partial charge in [-0.15, -0.1) is 0 Å². The molecule has 1 aromatic carbocycles. The minimum atomic E-state index is -0.107. The van der Waals surface area contributed by atoms with Crippen LogP contribution in [0.5, 0.6) is 0 Å². The molecule has 0 aliphatic heterocycles. The predicted molar refractivity (Wildman–Crippen MR) is 76.5 cm³/mol. The lowest BCUT2D eigenvalue weighted by Crippen LogP contribution is -2.30. The highest BCUT2D eigenvalue weighted by Crippen LogP contribution is 2.20. The number of anilines is 1. The number of carbonyl (C=O) groups is 1. The van der Waals surface area contributed by atoms with Crippen molar-refractivity contribution >= 4 is 11.6 Å². The van der Waals surface area contributed by atoms with Crippen molar-refractivity contribution in [2.75, 3.05) is 11.9 Å². The molecule has 0 radical (unpaired) electrons. The van der Waals surface area contributed by atoms with Crippen molar-refractivity contribution in [2.24, 2.45) is 17.6 Å². The standard InChI is InChI=1S/C15H24N2O/c1-10(2)8-13(9-16)15(18)17-14-7-5-6-11(3)12(14)4/h5-7,10,13H,8-9,16H2,1-4H3,(H,17,18). The molecule has 0 aliphatic carbocycles. The van der Waals surface area contributed by atoms with Gasteiger partial charge in [-0.25, -0.2) is 0 Å². The van der Waals surface area contributed by atoms with E-state index >= 15 is 0 Å². The molecule has 18 heavy (non-hydrogen) atoms. The zero-order chi connectivity index (χ0) is 13.7. The van der Waals surface area contributed by atoms with E-state index in [0.717, 1.165) is 17.7 Å². The maximum absolute atomic E-state index is 12.2. The molecular weight excluding hydrogens is 224 g/mol. The normalized spacial score (nSPS) is 12.6. The fourth-order valence-electron chi connectivity index (χ4n) is 2.00. The van der Waals surface area contributed by atoms with Gasteiger partial charge in [-0.2, -0.15) is 0 Å². The van der Waals surface area contributed by atoms with Crippen LogP contribution in [0.1, 0.15) is 31.4 Å². The Balaban J connectivity index is 2.77. The first kappa shape index (κ1) is 14.7. The van der Waals surface area contributed by atoms with Gasteiger partial charge >= 0.3 is 0 Å². The molecule has 1 rings (SSSR count). The molecular formula is C15H24N2O. The molecule has 0 saturated carbocycles. The van der Waals surface area contributed by atoms with Gasteiger partial charge in [-0.3, -0.25) is 4.79 Å². The summed E-state index contributed by atoms with van der Waals surface area (Å²) in [7, 11) is 0. The molecule has 1 aromatic rings. The first-order valence-electron chi connectivity index (χ1n) is 6.52. The van der Waals surface area contributed by atoms with Crippen molar-refractivity contribution < 1.29 is 4.79 Å². The van der Waals surface area contributed by atoms with E-state index in [0.29, 0.717) is 12.5 Å². The van der Waals surface area contributed by atoms with E-state index in [1.807, 2.05) is 32.0 Å². The molecule has 0 fully saturated rings. The topological polar surface area (TPSA) is 55.1 Å². The van der Waals surface area contributed by atoms with Gasteiger partial charge in [0, 0.05) is 12.2 Å². The molecule has 3 nitrogen and oxygen atoms in total. The second-order valence-corrected chi connectivity index (χ2v) is 5.30. The van der Waals surface area contributed by atoms with E-state index in [1.54, 1.807) is 0 Å². The van der Waals surface area contributed by atoms with Crippen molar-refractivity contribution in [1.29, 1.82) is 0 Å². The molecule has 1 amide bonds. The minimum absolute atomic E-state index is 0.0277. The van der Waals surface area contributed by atoms with E-state index in [1.165, 1.54) is 5.56 Å². The van der Waals surface area contributed by atoms with Gasteiger partial charge in [0.1, 0.15) is 0 Å². The molecule has 0 aliphatic rings. The average Bonchev–Trinajstić information content (AvgIpc) is 2.31. The molecule has 0 heterocycles. The Morgan fingerprint density at radius 3 is 2.56 bits per heavy atom. The summed E-state index contributed by atoms with van der Waals surface area (Å²) in [6, 6.07) is 5.93. The van der Waals surface area contributed by atoms with Crippen LogP contribution in [0.25, 0.3) is 0 Å². The number of aryl methyl sites for hydroxylation is 1. The highest BCUT2D eigenvalue weighted by atomic mass is 16.1. The quantitative estimate of drug-likeness (QED) is 0.842. The lowest BCUT2D eigenvalue weighted by Gasteiger charge is -2.18. The van der Waals surface area contributed by atoms with Crippen molar-refractivity contribution in [2.45, 2.75) is 34.1 Å². The SMILES string of the molecule is Cc1cccc(NC(=O)C(CN)CC(C)C)c1C. The zero-order valence-electron chi connectivity index (χ0n) is 11.8. The second kappa shape index (κ2) is 6.55. The summed E-state index contributed by atoms with van der Waals surface area (Å²) in [6.45, 7) is 8.67. The maximum Gasteiger partial charge on any atom is 0.228 e. The summed E-state index contributed by atoms with van der Waals surface area (Å²) >= 11 is 0. The van der Waals surface area contributed by atoms with Crippen LogP contribution < -0.4 is 11.1 Å². The third kappa shape index (κ3) is 3.84. The van der Waals surface area contributed by atoms with Crippen LogP contribution >= 0.6 is 0 Å². The molecule has 1 unspecified atom stereocenters. The number of benzene rings is 1. The largest absolute Gasteiger partial charge is 0.330 e. The molecule has 0 spiro atoms. The van der Waals surface area contributed by atoms with E-state index in [4.69, 9.17) is 5.73 Å². The van der Waals surface area contributed by atoms with Crippen molar-refractivity contribution in [1.82, 2.24) is 0 Å². The number of carbonyl (C=O) groups excluding carboxylic acids is 1. The highest BCUT2D eigenvalue weighted by Gasteiger charge is 2.18. The number of hydrogen-bond donors (Lipinski definition) is 2. The van der Waals surface area contributed by atoms with Gasteiger partial charge in [0.15, 0.2) is 0 Å². The lowest BCUT2D eigenvalue weighted by atomic mass is 9.96. The van der Waals surface area contributed by atoms with Crippen molar-refractivity contribution in [3.05, 3.63) is 29.3 Å². The molecule has 0 aromatic heterocycles. The number of nitrogens with two attached hydrogens (primary N) is 1. The minimum Gasteiger partial charge on any atom is -0.330 e. The first-order valence-corrected chi connectivity index (χ1v) is 6.52. The van der Waals surface area contributed by atoms with Gasteiger partial charge in [0.25, 0.3) is 0 Å². The van der Waals surface area contributed by atoms with Gasteiger partial charge in [0.05, 0.1) is 5.92 Å². The summed E-state index contributed by atoms with van der Waals surface area (Å²) in [4.78, 5) is 12.2. The van der Waals surface area contributed by atoms with Crippen LogP contribution in [-0.2, 0) is 4.79 Å². The summed E-state index contributed by atoms with van der Waals surface area (Å²) in [5, 5.41) is 2.99. The van der Waals surface area contributed by atoms with E-state index in [-0.39, 0.29) is 11.8 Å².